The van der Waals surface area contributed by atoms with E-state index >= 15 is 0 Å². The third-order valence-electron chi connectivity index (χ3n) is 4.16. The lowest BCUT2D eigenvalue weighted by atomic mass is 10.1. The number of nitrogens with zero attached hydrogens (tertiary/aromatic N) is 4. The van der Waals surface area contributed by atoms with E-state index in [2.05, 4.69) is 27.0 Å². The summed E-state index contributed by atoms with van der Waals surface area (Å²) in [6.45, 7) is 4.32. The normalized spacial score (nSPS) is 18.5. The topological polar surface area (TPSA) is 93.0 Å². The quantitative estimate of drug-likeness (QED) is 0.750. The molecule has 7 nitrogen and oxygen atoms in total. The predicted molar refractivity (Wildman–Crippen MR) is 89.2 cm³/mol. The van der Waals surface area contributed by atoms with Gasteiger partial charge in [0.15, 0.2) is 0 Å². The molecule has 0 aliphatic carbocycles. The first-order chi connectivity index (χ1) is 11.2. The van der Waals surface area contributed by atoms with Gasteiger partial charge in [-0.25, -0.2) is 4.98 Å². The number of hydrogen-bond donors (Lipinski definition) is 2. The van der Waals surface area contributed by atoms with Crippen molar-refractivity contribution in [3.63, 3.8) is 0 Å². The highest BCUT2D eigenvalue weighted by Crippen LogP contribution is 2.31. The van der Waals surface area contributed by atoms with Crippen LogP contribution in [0.5, 0.6) is 0 Å². The molecule has 0 saturated carbocycles. The largest absolute Gasteiger partial charge is 0.398 e. The Kier molecular flexibility index (Phi) is 3.34. The lowest BCUT2D eigenvalue weighted by Gasteiger charge is -2.34. The van der Waals surface area contributed by atoms with Crippen LogP contribution >= 0.6 is 0 Å². The number of fused-ring (bicyclic) bond motifs is 1. The van der Waals surface area contributed by atoms with Gasteiger partial charge in [0.2, 0.25) is 0 Å². The summed E-state index contributed by atoms with van der Waals surface area (Å²) in [5.41, 5.74) is 9.35. The molecule has 1 aliphatic heterocycles. The predicted octanol–water partition coefficient (Wildman–Crippen LogP) is 1.83. The first-order valence-corrected chi connectivity index (χ1v) is 7.63. The molecule has 118 valence electrons. The molecule has 0 bridgehead atoms. The van der Waals surface area contributed by atoms with Gasteiger partial charge in [-0.15, -0.1) is 0 Å². The van der Waals surface area contributed by atoms with E-state index in [1.807, 2.05) is 18.2 Å². The number of rotatable bonds is 2. The fourth-order valence-electron chi connectivity index (χ4n) is 2.96. The van der Waals surface area contributed by atoms with Gasteiger partial charge in [0, 0.05) is 36.1 Å². The Hall–Kier alpha value is -2.67. The van der Waals surface area contributed by atoms with E-state index in [9.17, 15) is 0 Å². The number of aromatic amines is 1. The molecule has 0 spiro atoms. The number of nitrogens with one attached hydrogen (secondary N) is 1. The molecule has 0 aromatic carbocycles. The average molecular weight is 310 g/mol. The fourth-order valence-corrected chi connectivity index (χ4v) is 2.96. The van der Waals surface area contributed by atoms with Crippen LogP contribution in [0.25, 0.3) is 22.3 Å². The third kappa shape index (κ3) is 2.39. The number of nitrogen functional groups attached to an aromatic ring is 1. The molecule has 1 fully saturated rings. The number of nitrogens with two attached hydrogens (primary N) is 1. The molecule has 1 saturated heterocycles. The van der Waals surface area contributed by atoms with E-state index in [-0.39, 0.29) is 6.04 Å². The first kappa shape index (κ1) is 14.0. The van der Waals surface area contributed by atoms with Crippen molar-refractivity contribution in [2.75, 3.05) is 30.4 Å². The van der Waals surface area contributed by atoms with Gasteiger partial charge in [0.05, 0.1) is 24.9 Å². The van der Waals surface area contributed by atoms with Gasteiger partial charge < -0.3 is 15.4 Å². The molecular formula is C16H18N6O. The Labute approximate surface area is 133 Å². The molecule has 0 radical (unpaired) electrons. The van der Waals surface area contributed by atoms with Crippen molar-refractivity contribution in [1.82, 2.24) is 20.2 Å². The Morgan fingerprint density at radius 3 is 3.04 bits per heavy atom. The molecule has 4 rings (SSSR count). The average Bonchev–Trinajstić information content (AvgIpc) is 3.09. The Bertz CT molecular complexity index is 832. The summed E-state index contributed by atoms with van der Waals surface area (Å²) in [7, 11) is 0. The molecule has 3 aromatic heterocycles. The summed E-state index contributed by atoms with van der Waals surface area (Å²) >= 11 is 0. The maximum atomic E-state index is 6.28. The Morgan fingerprint density at radius 1 is 1.35 bits per heavy atom. The molecular weight excluding hydrogens is 292 g/mol. The van der Waals surface area contributed by atoms with Crippen LogP contribution in [0.2, 0.25) is 0 Å². The van der Waals surface area contributed by atoms with E-state index in [1.165, 1.54) is 0 Å². The van der Waals surface area contributed by atoms with Crippen LogP contribution in [-0.2, 0) is 4.74 Å². The van der Waals surface area contributed by atoms with Crippen molar-refractivity contribution in [3.05, 3.63) is 30.6 Å². The minimum atomic E-state index is 0.264. The molecule has 0 amide bonds. The number of hydrogen-bond acceptors (Lipinski definition) is 6. The highest BCUT2D eigenvalue weighted by molar-refractivity contribution is 5.98. The van der Waals surface area contributed by atoms with Gasteiger partial charge >= 0.3 is 0 Å². The molecule has 23 heavy (non-hydrogen) atoms. The van der Waals surface area contributed by atoms with Crippen LogP contribution in [0.4, 0.5) is 11.5 Å². The van der Waals surface area contributed by atoms with Gasteiger partial charge in [-0.1, -0.05) is 0 Å². The van der Waals surface area contributed by atoms with Gasteiger partial charge in [-0.2, -0.15) is 5.10 Å². The summed E-state index contributed by atoms with van der Waals surface area (Å²) < 4.78 is 5.51. The molecule has 4 heterocycles. The summed E-state index contributed by atoms with van der Waals surface area (Å²) in [5.74, 6) is 0.861. The van der Waals surface area contributed by atoms with Gasteiger partial charge in [0.25, 0.3) is 0 Å². The molecule has 7 heteroatoms. The van der Waals surface area contributed by atoms with Crippen LogP contribution < -0.4 is 10.6 Å². The maximum Gasteiger partial charge on any atom is 0.131 e. The van der Waals surface area contributed by atoms with Crippen LogP contribution in [0.3, 0.4) is 0 Å². The van der Waals surface area contributed by atoms with Gasteiger partial charge in [-0.05, 0) is 19.1 Å². The summed E-state index contributed by atoms with van der Waals surface area (Å²) in [6, 6.07) is 5.97. The van der Waals surface area contributed by atoms with E-state index < -0.39 is 0 Å². The molecule has 1 unspecified atom stereocenters. The summed E-state index contributed by atoms with van der Waals surface area (Å²) in [5, 5.41) is 7.84. The van der Waals surface area contributed by atoms with Crippen molar-refractivity contribution in [1.29, 1.82) is 0 Å². The Balaban J connectivity index is 1.90. The number of pyridine rings is 2. The number of ether oxygens (including phenoxy) is 1. The molecule has 1 atom stereocenters. The smallest absolute Gasteiger partial charge is 0.131 e. The summed E-state index contributed by atoms with van der Waals surface area (Å²) in [4.78, 5) is 11.5. The maximum absolute atomic E-state index is 6.28. The monoisotopic (exact) mass is 310 g/mol. The fraction of sp³-hybridized carbons (Fsp3) is 0.312. The van der Waals surface area contributed by atoms with E-state index in [4.69, 9.17) is 15.5 Å². The third-order valence-corrected chi connectivity index (χ3v) is 4.16. The number of anilines is 2. The van der Waals surface area contributed by atoms with E-state index in [0.717, 1.165) is 34.7 Å². The SMILES string of the molecule is CC1COCCN1c1cc(N)c2ccnc(-c3ccn[nH]3)c2n1. The van der Waals surface area contributed by atoms with E-state index in [1.54, 1.807) is 12.4 Å². The van der Waals surface area contributed by atoms with Crippen LogP contribution in [-0.4, -0.2) is 46.0 Å². The van der Waals surface area contributed by atoms with Crippen LogP contribution in [0.15, 0.2) is 30.6 Å². The minimum absolute atomic E-state index is 0.264. The second-order valence-corrected chi connectivity index (χ2v) is 5.71. The molecule has 3 N–H and O–H groups in total. The lowest BCUT2D eigenvalue weighted by molar-refractivity contribution is 0.0986. The second-order valence-electron chi connectivity index (χ2n) is 5.71. The van der Waals surface area contributed by atoms with Crippen molar-refractivity contribution in [2.24, 2.45) is 0 Å². The van der Waals surface area contributed by atoms with Crippen molar-refractivity contribution >= 4 is 22.4 Å². The van der Waals surface area contributed by atoms with Gasteiger partial charge in [-0.3, -0.25) is 10.1 Å². The Morgan fingerprint density at radius 2 is 2.26 bits per heavy atom. The molecule has 1 aliphatic rings. The zero-order chi connectivity index (χ0) is 15.8. The zero-order valence-corrected chi connectivity index (χ0v) is 12.9. The zero-order valence-electron chi connectivity index (χ0n) is 12.9. The van der Waals surface area contributed by atoms with Crippen LogP contribution in [0, 0.1) is 0 Å². The minimum Gasteiger partial charge on any atom is -0.398 e. The van der Waals surface area contributed by atoms with Gasteiger partial charge in [0.1, 0.15) is 17.0 Å². The standard InChI is InChI=1S/C16H18N6O/c1-10-9-23-7-6-22(10)14-8-12(17)11-2-4-18-16(15(11)20-14)13-3-5-19-21-13/h2-5,8,10H,6-7,9H2,1H3,(H2,17,20)(H,19,21). The van der Waals surface area contributed by atoms with Crippen molar-refractivity contribution < 1.29 is 4.74 Å². The summed E-state index contributed by atoms with van der Waals surface area (Å²) in [6.07, 6.45) is 3.45. The number of morpholine rings is 1. The second kappa shape index (κ2) is 5.51. The number of aromatic nitrogens is 4. The first-order valence-electron chi connectivity index (χ1n) is 7.63. The highest BCUT2D eigenvalue weighted by Gasteiger charge is 2.22. The lowest BCUT2D eigenvalue weighted by Crippen LogP contribution is -2.44. The molecule has 3 aromatic rings. The van der Waals surface area contributed by atoms with E-state index in [0.29, 0.717) is 18.9 Å². The van der Waals surface area contributed by atoms with Crippen LogP contribution in [0.1, 0.15) is 6.92 Å². The van der Waals surface area contributed by atoms with Crippen molar-refractivity contribution in [2.45, 2.75) is 13.0 Å². The van der Waals surface area contributed by atoms with Crippen molar-refractivity contribution in [3.8, 4) is 11.4 Å². The highest BCUT2D eigenvalue weighted by atomic mass is 16.5. The number of H-pyrrole nitrogens is 1.